The van der Waals surface area contributed by atoms with Crippen molar-refractivity contribution >= 4 is 28.6 Å². The predicted octanol–water partition coefficient (Wildman–Crippen LogP) is 2.93. The summed E-state index contributed by atoms with van der Waals surface area (Å²) in [6, 6.07) is 4.24. The van der Waals surface area contributed by atoms with Crippen molar-refractivity contribution in [2.75, 3.05) is 51.6 Å². The zero-order valence-corrected chi connectivity index (χ0v) is 22.1. The van der Waals surface area contributed by atoms with Gasteiger partial charge in [-0.05, 0) is 71.9 Å². The number of likely N-dealkylation sites (tertiary alicyclic amines) is 1. The number of fused-ring (bicyclic) bond motifs is 2. The molecule has 6 rings (SSSR count). The number of rotatable bonds is 7. The third kappa shape index (κ3) is 4.69. The van der Waals surface area contributed by atoms with Gasteiger partial charge in [0.05, 0.1) is 17.6 Å². The number of aromatic nitrogens is 4. The first-order valence-electron chi connectivity index (χ1n) is 13.1. The fourth-order valence-electron chi connectivity index (χ4n) is 5.19. The van der Waals surface area contributed by atoms with Gasteiger partial charge >= 0.3 is 6.09 Å². The molecular weight excluding hydrogens is 488 g/mol. The molecule has 1 aliphatic carbocycles. The van der Waals surface area contributed by atoms with Crippen LogP contribution in [0.1, 0.15) is 32.6 Å². The van der Waals surface area contributed by atoms with E-state index in [1.807, 2.05) is 17.7 Å². The fourth-order valence-corrected chi connectivity index (χ4v) is 5.19. The molecule has 1 amide bonds. The van der Waals surface area contributed by atoms with Crippen LogP contribution in [-0.4, -0.2) is 87.8 Å². The predicted molar refractivity (Wildman–Crippen MR) is 142 cm³/mol. The van der Waals surface area contributed by atoms with Crippen LogP contribution < -0.4 is 20.5 Å². The molecular formula is C26H34N8O4. The van der Waals surface area contributed by atoms with E-state index in [2.05, 4.69) is 39.2 Å². The second-order valence-corrected chi connectivity index (χ2v) is 10.8. The van der Waals surface area contributed by atoms with Crippen LogP contribution >= 0.6 is 0 Å². The standard InChI is InChI=1S/C26H34N8O4/c1-26(8-9-26)38-25(35)30-18-5-4-17(21-22(18)37-15-36-21)20-19-23(27)28-14-29-24(19)34(31-20)13-12-33-10-6-16(7-11-33)32(2)3/h4-5,14,16H,6-13,15H2,1-3H3,(H,30,35)(H2,27,28,29). The molecule has 1 saturated carbocycles. The number of benzene rings is 1. The molecule has 12 nitrogen and oxygen atoms in total. The molecule has 1 saturated heterocycles. The lowest BCUT2D eigenvalue weighted by atomic mass is 10.0. The van der Waals surface area contributed by atoms with Gasteiger partial charge in [0.15, 0.2) is 17.1 Å². The molecule has 1 aromatic carbocycles. The van der Waals surface area contributed by atoms with Gasteiger partial charge in [-0.1, -0.05) is 0 Å². The number of nitrogens with one attached hydrogen (secondary N) is 1. The van der Waals surface area contributed by atoms with Gasteiger partial charge in [-0.25, -0.2) is 19.4 Å². The van der Waals surface area contributed by atoms with E-state index < -0.39 is 6.09 Å². The van der Waals surface area contributed by atoms with Gasteiger partial charge in [-0.15, -0.1) is 0 Å². The minimum absolute atomic E-state index is 0.0291. The highest BCUT2D eigenvalue weighted by molar-refractivity contribution is 6.01. The van der Waals surface area contributed by atoms with E-state index in [-0.39, 0.29) is 12.4 Å². The first-order chi connectivity index (χ1) is 18.3. The number of nitrogen functional groups attached to an aromatic ring is 1. The molecule has 3 aliphatic rings. The van der Waals surface area contributed by atoms with Crippen LogP contribution in [0.25, 0.3) is 22.3 Å². The zero-order chi connectivity index (χ0) is 26.4. The van der Waals surface area contributed by atoms with Crippen molar-refractivity contribution in [1.29, 1.82) is 0 Å². The molecule has 0 atom stereocenters. The number of amides is 1. The second-order valence-electron chi connectivity index (χ2n) is 10.8. The molecule has 12 heteroatoms. The van der Waals surface area contributed by atoms with E-state index in [9.17, 15) is 4.79 Å². The Kier molecular flexibility index (Phi) is 6.23. The van der Waals surface area contributed by atoms with Crippen molar-refractivity contribution in [2.24, 2.45) is 0 Å². The maximum Gasteiger partial charge on any atom is 0.412 e. The first-order valence-corrected chi connectivity index (χ1v) is 13.1. The Hall–Kier alpha value is -3.64. The fraction of sp³-hybridized carbons (Fsp3) is 0.538. The minimum atomic E-state index is -0.516. The van der Waals surface area contributed by atoms with E-state index in [0.29, 0.717) is 57.9 Å². The van der Waals surface area contributed by atoms with Crippen LogP contribution in [0.15, 0.2) is 18.5 Å². The Labute approximate surface area is 221 Å². The maximum atomic E-state index is 12.4. The van der Waals surface area contributed by atoms with Crippen molar-refractivity contribution in [1.82, 2.24) is 29.5 Å². The van der Waals surface area contributed by atoms with Crippen molar-refractivity contribution in [2.45, 2.75) is 50.8 Å². The minimum Gasteiger partial charge on any atom is -0.453 e. The van der Waals surface area contributed by atoms with Gasteiger partial charge in [0, 0.05) is 18.2 Å². The Morgan fingerprint density at radius 2 is 1.95 bits per heavy atom. The van der Waals surface area contributed by atoms with Crippen LogP contribution in [0, 0.1) is 0 Å². The highest BCUT2D eigenvalue weighted by Gasteiger charge is 2.42. The average Bonchev–Trinajstić information content (AvgIpc) is 3.28. The lowest BCUT2D eigenvalue weighted by Crippen LogP contribution is -2.42. The molecule has 202 valence electrons. The number of hydrogen-bond donors (Lipinski definition) is 2. The average molecular weight is 523 g/mol. The Morgan fingerprint density at radius 1 is 1.18 bits per heavy atom. The van der Waals surface area contributed by atoms with E-state index >= 15 is 0 Å². The smallest absolute Gasteiger partial charge is 0.412 e. The first kappa shape index (κ1) is 24.7. The number of ether oxygens (including phenoxy) is 3. The molecule has 0 unspecified atom stereocenters. The van der Waals surface area contributed by atoms with Gasteiger partial charge in [-0.3, -0.25) is 5.32 Å². The molecule has 3 N–H and O–H groups in total. The summed E-state index contributed by atoms with van der Waals surface area (Å²) >= 11 is 0. The van der Waals surface area contributed by atoms with E-state index in [1.165, 1.54) is 6.33 Å². The topological polar surface area (TPSA) is 133 Å². The third-order valence-corrected chi connectivity index (χ3v) is 7.78. The summed E-state index contributed by atoms with van der Waals surface area (Å²) in [7, 11) is 4.30. The Balaban J connectivity index is 1.27. The van der Waals surface area contributed by atoms with E-state index in [4.69, 9.17) is 25.0 Å². The summed E-state index contributed by atoms with van der Waals surface area (Å²) in [4.78, 5) is 25.9. The quantitative estimate of drug-likeness (QED) is 0.477. The van der Waals surface area contributed by atoms with Gasteiger partial charge in [0.25, 0.3) is 0 Å². The van der Waals surface area contributed by atoms with Gasteiger partial charge in [0.1, 0.15) is 23.4 Å². The zero-order valence-electron chi connectivity index (χ0n) is 22.1. The molecule has 4 heterocycles. The Bertz CT molecular complexity index is 1360. The number of piperidine rings is 1. The van der Waals surface area contributed by atoms with Gasteiger partial charge in [-0.2, -0.15) is 5.10 Å². The summed E-state index contributed by atoms with van der Waals surface area (Å²) in [5.41, 5.74) is 8.41. The number of nitrogens with zero attached hydrogens (tertiary/aromatic N) is 6. The second kappa shape index (κ2) is 9.59. The summed E-state index contributed by atoms with van der Waals surface area (Å²) < 4.78 is 19.0. The van der Waals surface area contributed by atoms with Crippen LogP contribution in [-0.2, 0) is 11.3 Å². The maximum absolute atomic E-state index is 12.4. The summed E-state index contributed by atoms with van der Waals surface area (Å²) in [6.07, 6.45) is 4.99. The highest BCUT2D eigenvalue weighted by Crippen LogP contribution is 2.48. The van der Waals surface area contributed by atoms with Gasteiger partial charge in [0.2, 0.25) is 6.79 Å². The van der Waals surface area contributed by atoms with Gasteiger partial charge < -0.3 is 29.7 Å². The number of nitrogens with two attached hydrogens (primary N) is 1. The van der Waals surface area contributed by atoms with E-state index in [1.54, 1.807) is 6.07 Å². The molecule has 0 radical (unpaired) electrons. The molecule has 2 fully saturated rings. The molecule has 0 bridgehead atoms. The van der Waals surface area contributed by atoms with Crippen molar-refractivity contribution < 1.29 is 19.0 Å². The molecule has 38 heavy (non-hydrogen) atoms. The summed E-state index contributed by atoms with van der Waals surface area (Å²) in [6.45, 7) is 5.59. The molecule has 2 aromatic heterocycles. The van der Waals surface area contributed by atoms with Crippen molar-refractivity contribution in [3.8, 4) is 22.8 Å². The lowest BCUT2D eigenvalue weighted by Gasteiger charge is -2.35. The lowest BCUT2D eigenvalue weighted by molar-refractivity contribution is 0.106. The number of carbonyl (C=O) groups excluding carboxylic acids is 1. The van der Waals surface area contributed by atoms with E-state index in [0.717, 1.165) is 45.3 Å². The largest absolute Gasteiger partial charge is 0.453 e. The molecule has 3 aromatic rings. The third-order valence-electron chi connectivity index (χ3n) is 7.78. The van der Waals surface area contributed by atoms with Crippen LogP contribution in [0.4, 0.5) is 16.3 Å². The van der Waals surface area contributed by atoms with Crippen LogP contribution in [0.3, 0.4) is 0 Å². The number of anilines is 2. The normalized spacial score (nSPS) is 18.7. The van der Waals surface area contributed by atoms with Crippen molar-refractivity contribution in [3.63, 3.8) is 0 Å². The molecule has 0 spiro atoms. The highest BCUT2D eigenvalue weighted by atomic mass is 16.7. The van der Waals surface area contributed by atoms with Crippen molar-refractivity contribution in [3.05, 3.63) is 18.5 Å². The van der Waals surface area contributed by atoms with Crippen LogP contribution in [0.2, 0.25) is 0 Å². The summed E-state index contributed by atoms with van der Waals surface area (Å²) in [5.74, 6) is 1.27. The monoisotopic (exact) mass is 522 g/mol. The summed E-state index contributed by atoms with van der Waals surface area (Å²) in [5, 5.41) is 8.38. The SMILES string of the molecule is CN(C)C1CCN(CCn2nc(-c3ccc(NC(=O)OC4(C)CC4)c4c3OCO4)c3c(N)ncnc32)CC1. The number of hydrogen-bond acceptors (Lipinski definition) is 10. The number of carbonyl (C=O) groups is 1. The Morgan fingerprint density at radius 3 is 2.68 bits per heavy atom. The molecule has 2 aliphatic heterocycles. The van der Waals surface area contributed by atoms with Crippen LogP contribution in [0.5, 0.6) is 11.5 Å².